The summed E-state index contributed by atoms with van der Waals surface area (Å²) in [6, 6.07) is 3.77. The summed E-state index contributed by atoms with van der Waals surface area (Å²) >= 11 is 0. The van der Waals surface area contributed by atoms with Crippen molar-refractivity contribution in [3.63, 3.8) is 0 Å². The van der Waals surface area contributed by atoms with E-state index in [1.165, 1.54) is 0 Å². The SMILES string of the molecule is Cn1ccc2cc(C=O)cnc21. The maximum Gasteiger partial charge on any atom is 0.151 e. The average Bonchev–Trinajstić information content (AvgIpc) is 2.47. The quantitative estimate of drug-likeness (QED) is 0.591. The first-order valence-electron chi connectivity index (χ1n) is 3.67. The van der Waals surface area contributed by atoms with E-state index in [9.17, 15) is 4.79 Å². The van der Waals surface area contributed by atoms with Crippen LogP contribution in [0.5, 0.6) is 0 Å². The molecule has 0 radical (unpaired) electrons. The number of aryl methyl sites for hydroxylation is 1. The Kier molecular flexibility index (Phi) is 1.43. The largest absolute Gasteiger partial charge is 0.336 e. The highest BCUT2D eigenvalue weighted by atomic mass is 16.1. The molecule has 3 heteroatoms. The van der Waals surface area contributed by atoms with Crippen LogP contribution in [-0.2, 0) is 7.05 Å². The van der Waals surface area contributed by atoms with Crippen LogP contribution in [0.3, 0.4) is 0 Å². The van der Waals surface area contributed by atoms with Gasteiger partial charge < -0.3 is 4.57 Å². The van der Waals surface area contributed by atoms with Gasteiger partial charge in [-0.3, -0.25) is 4.79 Å². The van der Waals surface area contributed by atoms with Gasteiger partial charge in [0.25, 0.3) is 0 Å². The zero-order chi connectivity index (χ0) is 8.55. The number of hydrogen-bond acceptors (Lipinski definition) is 2. The fourth-order valence-corrected chi connectivity index (χ4v) is 1.24. The number of hydrogen-bond donors (Lipinski definition) is 0. The molecule has 2 rings (SSSR count). The van der Waals surface area contributed by atoms with Crippen molar-refractivity contribution in [2.24, 2.45) is 7.05 Å². The lowest BCUT2D eigenvalue weighted by Gasteiger charge is -1.94. The summed E-state index contributed by atoms with van der Waals surface area (Å²) in [6.07, 6.45) is 4.31. The molecular weight excluding hydrogens is 152 g/mol. The Hall–Kier alpha value is -1.64. The smallest absolute Gasteiger partial charge is 0.151 e. The molecule has 2 aromatic heterocycles. The van der Waals surface area contributed by atoms with Crippen molar-refractivity contribution in [3.05, 3.63) is 30.1 Å². The Balaban J connectivity index is 2.77. The van der Waals surface area contributed by atoms with Gasteiger partial charge in [0, 0.05) is 30.4 Å². The molecule has 0 amide bonds. The van der Waals surface area contributed by atoms with Crippen molar-refractivity contribution in [1.82, 2.24) is 9.55 Å². The lowest BCUT2D eigenvalue weighted by molar-refractivity contribution is 0.112. The molecule has 12 heavy (non-hydrogen) atoms. The summed E-state index contributed by atoms with van der Waals surface area (Å²) in [5.74, 6) is 0. The topological polar surface area (TPSA) is 34.9 Å². The van der Waals surface area contributed by atoms with E-state index in [0.29, 0.717) is 5.56 Å². The van der Waals surface area contributed by atoms with Crippen LogP contribution in [0.2, 0.25) is 0 Å². The van der Waals surface area contributed by atoms with Gasteiger partial charge in [-0.15, -0.1) is 0 Å². The summed E-state index contributed by atoms with van der Waals surface area (Å²) in [5, 5.41) is 1.00. The number of rotatable bonds is 1. The molecule has 2 heterocycles. The van der Waals surface area contributed by atoms with E-state index >= 15 is 0 Å². The summed E-state index contributed by atoms with van der Waals surface area (Å²) in [4.78, 5) is 14.6. The highest BCUT2D eigenvalue weighted by molar-refractivity contribution is 5.84. The van der Waals surface area contributed by atoms with Gasteiger partial charge in [-0.2, -0.15) is 0 Å². The molecule has 0 aromatic carbocycles. The second-order valence-corrected chi connectivity index (χ2v) is 2.73. The van der Waals surface area contributed by atoms with Crippen molar-refractivity contribution in [3.8, 4) is 0 Å². The number of aldehydes is 1. The normalized spacial score (nSPS) is 10.4. The number of aromatic nitrogens is 2. The highest BCUT2D eigenvalue weighted by Crippen LogP contribution is 2.12. The number of carbonyl (C=O) groups is 1. The average molecular weight is 160 g/mol. The third-order valence-electron chi connectivity index (χ3n) is 1.86. The minimum atomic E-state index is 0.619. The second kappa shape index (κ2) is 2.44. The van der Waals surface area contributed by atoms with Crippen molar-refractivity contribution < 1.29 is 4.79 Å². The maximum atomic E-state index is 10.4. The van der Waals surface area contributed by atoms with Crippen LogP contribution in [0.15, 0.2) is 24.5 Å². The molecular formula is C9H8N2O. The zero-order valence-electron chi connectivity index (χ0n) is 6.69. The van der Waals surface area contributed by atoms with Gasteiger partial charge in [0.05, 0.1) is 0 Å². The lowest BCUT2D eigenvalue weighted by atomic mass is 10.2. The molecule has 0 N–H and O–H groups in total. The van der Waals surface area contributed by atoms with Gasteiger partial charge >= 0.3 is 0 Å². The Morgan fingerprint density at radius 3 is 3.17 bits per heavy atom. The van der Waals surface area contributed by atoms with Crippen molar-refractivity contribution >= 4 is 17.3 Å². The molecule has 0 bridgehead atoms. The Morgan fingerprint density at radius 2 is 2.42 bits per heavy atom. The molecule has 0 aliphatic carbocycles. The van der Waals surface area contributed by atoms with E-state index in [-0.39, 0.29) is 0 Å². The highest BCUT2D eigenvalue weighted by Gasteiger charge is 1.99. The standard InChI is InChI=1S/C9H8N2O/c1-11-3-2-8-4-7(6-12)5-10-9(8)11/h2-6H,1H3. The lowest BCUT2D eigenvalue weighted by Crippen LogP contribution is -1.88. The summed E-state index contributed by atoms with van der Waals surface area (Å²) in [7, 11) is 1.93. The number of nitrogens with zero attached hydrogens (tertiary/aromatic N) is 2. The third-order valence-corrected chi connectivity index (χ3v) is 1.86. The number of pyridine rings is 1. The van der Waals surface area contributed by atoms with E-state index in [1.54, 1.807) is 6.20 Å². The molecule has 0 saturated heterocycles. The van der Waals surface area contributed by atoms with Crippen molar-refractivity contribution in [2.45, 2.75) is 0 Å². The van der Waals surface area contributed by atoms with Crippen LogP contribution < -0.4 is 0 Å². The van der Waals surface area contributed by atoms with Crippen LogP contribution in [0.4, 0.5) is 0 Å². The minimum Gasteiger partial charge on any atom is -0.336 e. The minimum absolute atomic E-state index is 0.619. The Morgan fingerprint density at radius 1 is 1.58 bits per heavy atom. The van der Waals surface area contributed by atoms with Crippen LogP contribution in [0.1, 0.15) is 10.4 Å². The number of carbonyl (C=O) groups excluding carboxylic acids is 1. The predicted molar refractivity (Wildman–Crippen MR) is 46.1 cm³/mol. The van der Waals surface area contributed by atoms with Gasteiger partial charge in [-0.25, -0.2) is 4.98 Å². The number of fused-ring (bicyclic) bond motifs is 1. The van der Waals surface area contributed by atoms with Crippen LogP contribution >= 0.6 is 0 Å². The predicted octanol–water partition coefficient (Wildman–Crippen LogP) is 1.39. The van der Waals surface area contributed by atoms with Crippen LogP contribution in [-0.4, -0.2) is 15.8 Å². The van der Waals surface area contributed by atoms with Crippen LogP contribution in [0.25, 0.3) is 11.0 Å². The first-order chi connectivity index (χ1) is 5.81. The summed E-state index contributed by atoms with van der Waals surface area (Å²) in [6.45, 7) is 0. The first kappa shape index (κ1) is 7.03. The van der Waals surface area contributed by atoms with Gasteiger partial charge in [0.2, 0.25) is 0 Å². The first-order valence-corrected chi connectivity index (χ1v) is 3.67. The fraction of sp³-hybridized carbons (Fsp3) is 0.111. The van der Waals surface area contributed by atoms with Gasteiger partial charge in [-0.1, -0.05) is 0 Å². The molecule has 0 aliphatic heterocycles. The molecule has 60 valence electrons. The molecule has 0 unspecified atom stereocenters. The fourth-order valence-electron chi connectivity index (χ4n) is 1.24. The van der Waals surface area contributed by atoms with E-state index < -0.39 is 0 Å². The zero-order valence-corrected chi connectivity index (χ0v) is 6.69. The summed E-state index contributed by atoms with van der Waals surface area (Å²) < 4.78 is 1.92. The van der Waals surface area contributed by atoms with E-state index in [0.717, 1.165) is 17.3 Å². The molecule has 3 nitrogen and oxygen atoms in total. The van der Waals surface area contributed by atoms with Gasteiger partial charge in [-0.05, 0) is 12.1 Å². The van der Waals surface area contributed by atoms with E-state index in [4.69, 9.17) is 0 Å². The molecule has 0 fully saturated rings. The molecule has 0 aliphatic rings. The molecule has 0 atom stereocenters. The molecule has 0 spiro atoms. The van der Waals surface area contributed by atoms with E-state index in [2.05, 4.69) is 4.98 Å². The monoisotopic (exact) mass is 160 g/mol. The Labute approximate surface area is 69.6 Å². The maximum absolute atomic E-state index is 10.4. The van der Waals surface area contributed by atoms with Crippen molar-refractivity contribution in [2.75, 3.05) is 0 Å². The van der Waals surface area contributed by atoms with E-state index in [1.807, 2.05) is 29.9 Å². The van der Waals surface area contributed by atoms with Gasteiger partial charge in [0.15, 0.2) is 6.29 Å². The van der Waals surface area contributed by atoms with Crippen molar-refractivity contribution in [1.29, 1.82) is 0 Å². The molecule has 0 saturated carbocycles. The van der Waals surface area contributed by atoms with Gasteiger partial charge in [0.1, 0.15) is 5.65 Å². The Bertz CT molecular complexity index is 431. The second-order valence-electron chi connectivity index (χ2n) is 2.73. The van der Waals surface area contributed by atoms with Crippen LogP contribution in [0, 0.1) is 0 Å². The molecule has 2 aromatic rings. The summed E-state index contributed by atoms with van der Waals surface area (Å²) in [5.41, 5.74) is 1.52. The third kappa shape index (κ3) is 0.906.